The van der Waals surface area contributed by atoms with Crippen molar-refractivity contribution in [1.29, 1.82) is 0 Å². The van der Waals surface area contributed by atoms with Gasteiger partial charge in [-0.15, -0.1) is 0 Å². The number of nitrogens with one attached hydrogen (secondary N) is 2. The van der Waals surface area contributed by atoms with E-state index < -0.39 is 22.8 Å². The fraction of sp³-hybridized carbons (Fsp3) is 0.862. The molecule has 0 aromatic carbocycles. The Labute approximate surface area is 225 Å². The van der Waals surface area contributed by atoms with Crippen molar-refractivity contribution in [1.82, 2.24) is 15.5 Å². The molecule has 0 rings (SSSR count). The maximum Gasteiger partial charge on any atom is 0.326 e. The van der Waals surface area contributed by atoms with Crippen LogP contribution >= 0.6 is 0 Å². The zero-order valence-corrected chi connectivity index (χ0v) is 25.6. The average Bonchev–Trinajstić information content (AvgIpc) is 2.69. The fourth-order valence-electron chi connectivity index (χ4n) is 4.54. The standard InChI is InChI=1S/C29H55N3O5/c1-26(2,3)19-29(10,11)25(37)31-20(24(35)36)16-17-22(33)30-18-14-13-15-21(23(34)27(4,5)6)32(12)28(7,8)9/h20-21H,13-19H2,1-12H3,(H,30,33)(H,31,37)(H,35,36)/t20-,21-/m0/s1. The summed E-state index contributed by atoms with van der Waals surface area (Å²) in [5, 5.41) is 15.0. The van der Waals surface area contributed by atoms with Crippen LogP contribution in [0, 0.1) is 16.2 Å². The monoisotopic (exact) mass is 525 g/mol. The molecule has 0 saturated carbocycles. The van der Waals surface area contributed by atoms with E-state index in [1.165, 1.54) is 0 Å². The SMILES string of the molecule is CN([C@@H](CCCCNC(=O)CC[C@H](NC(=O)C(C)(C)CC(C)(C)C)C(=O)O)C(=O)C(C)(C)C)C(C)(C)C. The fourth-order valence-corrected chi connectivity index (χ4v) is 4.54. The van der Waals surface area contributed by atoms with E-state index in [4.69, 9.17) is 0 Å². The van der Waals surface area contributed by atoms with E-state index in [-0.39, 0.29) is 47.4 Å². The van der Waals surface area contributed by atoms with Gasteiger partial charge in [-0.3, -0.25) is 19.3 Å². The molecule has 8 heteroatoms. The zero-order chi connectivity index (χ0) is 29.4. The van der Waals surface area contributed by atoms with Crippen LogP contribution in [-0.2, 0) is 19.2 Å². The van der Waals surface area contributed by atoms with Crippen LogP contribution in [0.25, 0.3) is 0 Å². The Balaban J connectivity index is 4.75. The van der Waals surface area contributed by atoms with E-state index in [1.807, 2.05) is 48.6 Å². The Bertz CT molecular complexity index is 785. The Morgan fingerprint density at radius 1 is 0.838 bits per heavy atom. The molecule has 2 amide bonds. The molecule has 0 aliphatic heterocycles. The number of nitrogens with zero attached hydrogens (tertiary/aromatic N) is 1. The van der Waals surface area contributed by atoms with Gasteiger partial charge in [-0.25, -0.2) is 4.79 Å². The second-order valence-corrected chi connectivity index (χ2v) is 14.3. The lowest BCUT2D eigenvalue weighted by Crippen LogP contribution is -2.51. The summed E-state index contributed by atoms with van der Waals surface area (Å²) in [7, 11) is 1.98. The first-order valence-corrected chi connectivity index (χ1v) is 13.6. The maximum absolute atomic E-state index is 13.0. The third-order valence-electron chi connectivity index (χ3n) is 6.64. The predicted octanol–water partition coefficient (Wildman–Crippen LogP) is 4.80. The maximum atomic E-state index is 13.0. The number of hydrogen-bond acceptors (Lipinski definition) is 5. The van der Waals surface area contributed by atoms with Crippen LogP contribution in [0.1, 0.15) is 115 Å². The molecule has 0 aromatic rings. The topological polar surface area (TPSA) is 116 Å². The van der Waals surface area contributed by atoms with Crippen molar-refractivity contribution in [3.63, 3.8) is 0 Å². The Morgan fingerprint density at radius 3 is 1.81 bits per heavy atom. The van der Waals surface area contributed by atoms with E-state index in [9.17, 15) is 24.3 Å². The van der Waals surface area contributed by atoms with Crippen LogP contribution in [0.4, 0.5) is 0 Å². The lowest BCUT2D eigenvalue weighted by molar-refractivity contribution is -0.144. The molecule has 2 atom stereocenters. The van der Waals surface area contributed by atoms with Gasteiger partial charge in [-0.2, -0.15) is 0 Å². The quantitative estimate of drug-likeness (QED) is 0.281. The summed E-state index contributed by atoms with van der Waals surface area (Å²) in [5.74, 6) is -1.51. The van der Waals surface area contributed by atoms with Gasteiger partial charge in [-0.1, -0.05) is 55.4 Å². The number of ketones is 1. The highest BCUT2D eigenvalue weighted by atomic mass is 16.4. The molecule has 0 radical (unpaired) electrons. The molecule has 0 fully saturated rings. The van der Waals surface area contributed by atoms with Crippen molar-refractivity contribution < 1.29 is 24.3 Å². The number of carboxylic acid groups (broad SMARTS) is 1. The molecule has 0 heterocycles. The van der Waals surface area contributed by atoms with Gasteiger partial charge >= 0.3 is 5.97 Å². The Kier molecular flexibility index (Phi) is 13.0. The van der Waals surface area contributed by atoms with Gasteiger partial charge in [0.15, 0.2) is 5.78 Å². The minimum absolute atomic E-state index is 0.00877. The number of carboxylic acids is 1. The van der Waals surface area contributed by atoms with Crippen molar-refractivity contribution in [2.45, 2.75) is 132 Å². The van der Waals surface area contributed by atoms with Crippen LogP contribution in [0.15, 0.2) is 0 Å². The van der Waals surface area contributed by atoms with Crippen LogP contribution < -0.4 is 10.6 Å². The second kappa shape index (κ2) is 13.7. The molecule has 8 nitrogen and oxygen atoms in total. The second-order valence-electron chi connectivity index (χ2n) is 14.3. The van der Waals surface area contributed by atoms with Crippen molar-refractivity contribution in [2.75, 3.05) is 13.6 Å². The third-order valence-corrected chi connectivity index (χ3v) is 6.64. The van der Waals surface area contributed by atoms with Gasteiger partial charge in [-0.05, 0) is 65.3 Å². The molecule has 37 heavy (non-hydrogen) atoms. The molecule has 0 aromatic heterocycles. The van der Waals surface area contributed by atoms with Gasteiger partial charge in [0, 0.05) is 29.3 Å². The molecule has 0 aliphatic carbocycles. The number of amides is 2. The van der Waals surface area contributed by atoms with Gasteiger partial charge in [0.05, 0.1) is 6.04 Å². The highest BCUT2D eigenvalue weighted by Crippen LogP contribution is 2.33. The molecule has 3 N–H and O–H groups in total. The minimum atomic E-state index is -1.15. The molecule has 0 saturated heterocycles. The van der Waals surface area contributed by atoms with Crippen LogP contribution in [0.2, 0.25) is 0 Å². The van der Waals surface area contributed by atoms with Crippen LogP contribution in [0.3, 0.4) is 0 Å². The van der Waals surface area contributed by atoms with Crippen molar-refractivity contribution in [2.24, 2.45) is 16.2 Å². The summed E-state index contributed by atoms with van der Waals surface area (Å²) in [6, 6.07) is -1.31. The van der Waals surface area contributed by atoms with E-state index in [0.717, 1.165) is 12.8 Å². The summed E-state index contributed by atoms with van der Waals surface area (Å²) < 4.78 is 0. The van der Waals surface area contributed by atoms with Crippen LogP contribution in [-0.4, -0.2) is 64.8 Å². The van der Waals surface area contributed by atoms with Crippen molar-refractivity contribution in [3.8, 4) is 0 Å². The van der Waals surface area contributed by atoms with Crippen LogP contribution in [0.5, 0.6) is 0 Å². The average molecular weight is 526 g/mol. The van der Waals surface area contributed by atoms with Crippen molar-refractivity contribution in [3.05, 3.63) is 0 Å². The summed E-state index contributed by atoms with van der Waals surface area (Å²) in [6.45, 7) is 22.3. The molecule has 216 valence electrons. The highest BCUT2D eigenvalue weighted by Gasteiger charge is 2.36. The first-order valence-electron chi connectivity index (χ1n) is 13.6. The number of rotatable bonds is 14. The highest BCUT2D eigenvalue weighted by molar-refractivity contribution is 5.89. The molecule has 0 bridgehead atoms. The Morgan fingerprint density at radius 2 is 1.38 bits per heavy atom. The number of unbranched alkanes of at least 4 members (excludes halogenated alkanes) is 1. The van der Waals surface area contributed by atoms with Gasteiger partial charge in [0.1, 0.15) is 6.04 Å². The summed E-state index contributed by atoms with van der Waals surface area (Å²) in [5.41, 5.74) is -1.38. The number of hydrogen-bond donors (Lipinski definition) is 3. The molecule has 0 spiro atoms. The minimum Gasteiger partial charge on any atom is -0.480 e. The largest absolute Gasteiger partial charge is 0.480 e. The van der Waals surface area contributed by atoms with E-state index in [0.29, 0.717) is 19.4 Å². The lowest BCUT2D eigenvalue weighted by atomic mass is 9.75. The normalized spacial score (nSPS) is 14.7. The third kappa shape index (κ3) is 13.4. The van der Waals surface area contributed by atoms with Gasteiger partial charge < -0.3 is 15.7 Å². The first kappa shape index (κ1) is 35.0. The number of likely N-dealkylation sites (N-methyl/N-ethyl adjacent to an activating group) is 1. The first-order chi connectivity index (χ1) is 16.5. The predicted molar refractivity (Wildman–Crippen MR) is 149 cm³/mol. The number of carbonyl (C=O) groups excluding carboxylic acids is 3. The summed E-state index contributed by atoms with van der Waals surface area (Å²) in [6.07, 6.45) is 2.84. The van der Waals surface area contributed by atoms with E-state index in [2.05, 4.69) is 36.3 Å². The van der Waals surface area contributed by atoms with Gasteiger partial charge in [0.2, 0.25) is 11.8 Å². The molecule has 0 aliphatic rings. The molecular weight excluding hydrogens is 470 g/mol. The number of carbonyl (C=O) groups is 4. The number of aliphatic carboxylic acids is 1. The summed E-state index contributed by atoms with van der Waals surface area (Å²) in [4.78, 5) is 51.9. The zero-order valence-electron chi connectivity index (χ0n) is 25.6. The lowest BCUT2D eigenvalue weighted by Gasteiger charge is -2.40. The Hall–Kier alpha value is -1.96. The van der Waals surface area contributed by atoms with Crippen molar-refractivity contribution >= 4 is 23.6 Å². The summed E-state index contributed by atoms with van der Waals surface area (Å²) >= 11 is 0. The van der Waals surface area contributed by atoms with E-state index in [1.54, 1.807) is 13.8 Å². The van der Waals surface area contributed by atoms with Gasteiger partial charge in [0.25, 0.3) is 0 Å². The van der Waals surface area contributed by atoms with E-state index >= 15 is 0 Å². The smallest absolute Gasteiger partial charge is 0.326 e. The molecule has 0 unspecified atom stereocenters. The molecular formula is C29H55N3O5. The number of Topliss-reactive ketones (excluding diaryl/α,β-unsaturated/α-hetero) is 1.